The summed E-state index contributed by atoms with van der Waals surface area (Å²) < 4.78 is 4.71. The number of nitrogens with one attached hydrogen (secondary N) is 1. The summed E-state index contributed by atoms with van der Waals surface area (Å²) >= 11 is 0. The van der Waals surface area contributed by atoms with Crippen molar-refractivity contribution in [3.8, 4) is 0 Å². The second-order valence-electron chi connectivity index (χ2n) is 5.97. The number of hydrogen-bond donors (Lipinski definition) is 1. The Bertz CT molecular complexity index is 277. The van der Waals surface area contributed by atoms with Gasteiger partial charge in [0.15, 0.2) is 0 Å². The maximum absolute atomic E-state index is 11.2. The molecule has 19 heavy (non-hydrogen) atoms. The molecule has 110 valence electrons. The standard InChI is InChI=1S/C15H28N2O2/c1-19-15(18)9-11-17-10-5-8-14(12-17)16-13-6-3-2-4-7-13/h13-14,16H,2-12H2,1H3. The molecule has 2 rings (SSSR count). The lowest BCUT2D eigenvalue weighted by atomic mass is 9.94. The molecule has 2 aliphatic rings. The number of esters is 1. The third-order valence-electron chi connectivity index (χ3n) is 4.44. The van der Waals surface area contributed by atoms with Gasteiger partial charge in [-0.1, -0.05) is 19.3 Å². The lowest BCUT2D eigenvalue weighted by Crippen LogP contribution is -2.49. The van der Waals surface area contributed by atoms with Gasteiger partial charge in [0.25, 0.3) is 0 Å². The topological polar surface area (TPSA) is 41.6 Å². The third-order valence-corrected chi connectivity index (χ3v) is 4.44. The minimum Gasteiger partial charge on any atom is -0.469 e. The number of ether oxygens (including phenoxy) is 1. The molecule has 2 fully saturated rings. The van der Waals surface area contributed by atoms with Crippen LogP contribution in [0, 0.1) is 0 Å². The Morgan fingerprint density at radius 2 is 1.89 bits per heavy atom. The van der Waals surface area contributed by atoms with E-state index >= 15 is 0 Å². The van der Waals surface area contributed by atoms with Crippen molar-refractivity contribution in [3.05, 3.63) is 0 Å². The average Bonchev–Trinajstić information content (AvgIpc) is 2.46. The zero-order valence-corrected chi connectivity index (χ0v) is 12.2. The fourth-order valence-corrected chi connectivity index (χ4v) is 3.35. The zero-order valence-electron chi connectivity index (χ0n) is 12.2. The van der Waals surface area contributed by atoms with E-state index in [2.05, 4.69) is 10.2 Å². The average molecular weight is 268 g/mol. The van der Waals surface area contributed by atoms with Gasteiger partial charge in [0.2, 0.25) is 0 Å². The first-order valence-corrected chi connectivity index (χ1v) is 7.83. The minimum atomic E-state index is -0.0950. The Morgan fingerprint density at radius 1 is 1.16 bits per heavy atom. The Kier molecular flexibility index (Phi) is 6.11. The largest absolute Gasteiger partial charge is 0.469 e. The van der Waals surface area contributed by atoms with Gasteiger partial charge in [-0.2, -0.15) is 0 Å². The van der Waals surface area contributed by atoms with Crippen molar-refractivity contribution in [2.75, 3.05) is 26.7 Å². The van der Waals surface area contributed by atoms with E-state index in [1.807, 2.05) is 0 Å². The summed E-state index contributed by atoms with van der Waals surface area (Å²) in [7, 11) is 1.46. The molecule has 0 amide bonds. The quantitative estimate of drug-likeness (QED) is 0.774. The van der Waals surface area contributed by atoms with Gasteiger partial charge in [-0.3, -0.25) is 4.79 Å². The highest BCUT2D eigenvalue weighted by molar-refractivity contribution is 5.69. The van der Waals surface area contributed by atoms with E-state index in [0.717, 1.165) is 25.7 Å². The molecule has 1 aliphatic heterocycles. The number of piperidine rings is 1. The lowest BCUT2D eigenvalue weighted by molar-refractivity contribution is -0.141. The monoisotopic (exact) mass is 268 g/mol. The van der Waals surface area contributed by atoms with Crippen LogP contribution in [-0.2, 0) is 9.53 Å². The van der Waals surface area contributed by atoms with E-state index in [9.17, 15) is 4.79 Å². The van der Waals surface area contributed by atoms with Crippen LogP contribution in [-0.4, -0.2) is 49.7 Å². The maximum atomic E-state index is 11.2. The molecular weight excluding hydrogens is 240 g/mol. The fourth-order valence-electron chi connectivity index (χ4n) is 3.35. The van der Waals surface area contributed by atoms with Gasteiger partial charge in [0.1, 0.15) is 0 Å². The third kappa shape index (κ3) is 5.11. The molecule has 1 unspecified atom stereocenters. The second-order valence-corrected chi connectivity index (χ2v) is 5.97. The summed E-state index contributed by atoms with van der Waals surface area (Å²) in [5.41, 5.74) is 0. The Hall–Kier alpha value is -0.610. The highest BCUT2D eigenvalue weighted by Crippen LogP contribution is 2.20. The summed E-state index contributed by atoms with van der Waals surface area (Å²) in [6, 6.07) is 1.36. The van der Waals surface area contributed by atoms with Crippen LogP contribution in [0.5, 0.6) is 0 Å². The van der Waals surface area contributed by atoms with Crippen LogP contribution < -0.4 is 5.32 Å². The molecule has 0 spiro atoms. The number of nitrogens with zero attached hydrogens (tertiary/aromatic N) is 1. The predicted octanol–water partition coefficient (Wildman–Crippen LogP) is 1.94. The molecule has 1 saturated carbocycles. The molecule has 0 radical (unpaired) electrons. The number of carbonyl (C=O) groups excluding carboxylic acids is 1. The molecular formula is C15H28N2O2. The van der Waals surface area contributed by atoms with Crippen LogP contribution in [0.25, 0.3) is 0 Å². The SMILES string of the molecule is COC(=O)CCN1CCCC(NC2CCCCC2)C1. The first kappa shape index (κ1) is 14.8. The van der Waals surface area contributed by atoms with E-state index in [4.69, 9.17) is 4.74 Å². The van der Waals surface area contributed by atoms with Crippen LogP contribution >= 0.6 is 0 Å². The summed E-state index contributed by atoms with van der Waals surface area (Å²) in [6.45, 7) is 3.06. The molecule has 4 nitrogen and oxygen atoms in total. The smallest absolute Gasteiger partial charge is 0.306 e. The Morgan fingerprint density at radius 3 is 2.63 bits per heavy atom. The van der Waals surface area contributed by atoms with Crippen molar-refractivity contribution in [2.45, 2.75) is 63.5 Å². The van der Waals surface area contributed by atoms with Gasteiger partial charge >= 0.3 is 5.97 Å². The van der Waals surface area contributed by atoms with Crippen molar-refractivity contribution in [2.24, 2.45) is 0 Å². The maximum Gasteiger partial charge on any atom is 0.306 e. The summed E-state index contributed by atoms with van der Waals surface area (Å²) in [6.07, 6.45) is 9.92. The number of carbonyl (C=O) groups is 1. The first-order valence-electron chi connectivity index (χ1n) is 7.83. The van der Waals surface area contributed by atoms with E-state index in [1.54, 1.807) is 0 Å². The summed E-state index contributed by atoms with van der Waals surface area (Å²) in [5.74, 6) is -0.0950. The van der Waals surface area contributed by atoms with Crippen LogP contribution in [0.15, 0.2) is 0 Å². The molecule has 0 aromatic carbocycles. The second kappa shape index (κ2) is 7.85. The van der Waals surface area contributed by atoms with Crippen LogP contribution in [0.1, 0.15) is 51.4 Å². The molecule has 1 aliphatic carbocycles. The van der Waals surface area contributed by atoms with Gasteiger partial charge in [0.05, 0.1) is 13.5 Å². The van der Waals surface area contributed by atoms with E-state index < -0.39 is 0 Å². The molecule has 1 N–H and O–H groups in total. The Balaban J connectivity index is 1.69. The van der Waals surface area contributed by atoms with Crippen LogP contribution in [0.4, 0.5) is 0 Å². The van der Waals surface area contributed by atoms with E-state index in [0.29, 0.717) is 12.5 Å². The first-order chi connectivity index (χ1) is 9.28. The molecule has 0 bridgehead atoms. The van der Waals surface area contributed by atoms with Gasteiger partial charge in [-0.05, 0) is 32.2 Å². The minimum absolute atomic E-state index is 0.0950. The number of likely N-dealkylation sites (tertiary alicyclic amines) is 1. The molecule has 1 atom stereocenters. The fraction of sp³-hybridized carbons (Fsp3) is 0.933. The highest BCUT2D eigenvalue weighted by Gasteiger charge is 2.23. The summed E-state index contributed by atoms with van der Waals surface area (Å²) in [4.78, 5) is 13.6. The number of hydrogen-bond acceptors (Lipinski definition) is 4. The Labute approximate surface area is 116 Å². The van der Waals surface area contributed by atoms with Gasteiger partial charge in [-0.25, -0.2) is 0 Å². The van der Waals surface area contributed by atoms with Crippen molar-refractivity contribution < 1.29 is 9.53 Å². The normalized spacial score (nSPS) is 26.3. The molecule has 1 saturated heterocycles. The zero-order chi connectivity index (χ0) is 13.5. The number of methoxy groups -OCH3 is 1. The molecule has 0 aromatic rings. The molecule has 1 heterocycles. The molecule has 4 heteroatoms. The van der Waals surface area contributed by atoms with E-state index in [1.165, 1.54) is 52.1 Å². The van der Waals surface area contributed by atoms with Crippen LogP contribution in [0.3, 0.4) is 0 Å². The lowest BCUT2D eigenvalue weighted by Gasteiger charge is -2.36. The summed E-state index contributed by atoms with van der Waals surface area (Å²) in [5, 5.41) is 3.83. The molecule has 0 aromatic heterocycles. The highest BCUT2D eigenvalue weighted by atomic mass is 16.5. The van der Waals surface area contributed by atoms with E-state index in [-0.39, 0.29) is 5.97 Å². The number of rotatable bonds is 5. The predicted molar refractivity (Wildman–Crippen MR) is 76.1 cm³/mol. The van der Waals surface area contributed by atoms with Crippen molar-refractivity contribution in [1.82, 2.24) is 10.2 Å². The van der Waals surface area contributed by atoms with Crippen molar-refractivity contribution in [1.29, 1.82) is 0 Å². The van der Waals surface area contributed by atoms with Gasteiger partial charge in [0, 0.05) is 25.2 Å². The van der Waals surface area contributed by atoms with Gasteiger partial charge < -0.3 is 15.0 Å². The van der Waals surface area contributed by atoms with Crippen molar-refractivity contribution in [3.63, 3.8) is 0 Å². The van der Waals surface area contributed by atoms with Gasteiger partial charge in [-0.15, -0.1) is 0 Å². The van der Waals surface area contributed by atoms with Crippen molar-refractivity contribution >= 4 is 5.97 Å². The van der Waals surface area contributed by atoms with Crippen LogP contribution in [0.2, 0.25) is 0 Å².